The van der Waals surface area contributed by atoms with Gasteiger partial charge in [-0.1, -0.05) is 0 Å². The second-order valence-electron chi connectivity index (χ2n) is 1.58. The molecule has 1 heterocycles. The quantitative estimate of drug-likeness (QED) is 0.558. The van der Waals surface area contributed by atoms with Gasteiger partial charge in [0.15, 0.2) is 0 Å². The van der Waals surface area contributed by atoms with Crippen LogP contribution in [-0.4, -0.2) is 30.3 Å². The number of hydrogen-bond donors (Lipinski definition) is 0. The summed E-state index contributed by atoms with van der Waals surface area (Å²) in [6, 6.07) is 0. The van der Waals surface area contributed by atoms with Crippen molar-refractivity contribution in [2.75, 3.05) is 14.2 Å². The Morgan fingerprint density at radius 1 is 1.55 bits per heavy atom. The maximum absolute atomic E-state index is 10.7. The molecule has 0 spiro atoms. The molecule has 60 valence electrons. The first-order valence-corrected chi connectivity index (χ1v) is 2.74. The molecule has 0 saturated carbocycles. The largest absolute Gasteiger partial charge is 0.463 e. The van der Waals surface area contributed by atoms with Crippen LogP contribution >= 0.6 is 0 Å². The topological polar surface area (TPSA) is 74.5 Å². The molecule has 1 aromatic rings. The van der Waals surface area contributed by atoms with Gasteiger partial charge in [0, 0.05) is 0 Å². The van der Waals surface area contributed by atoms with Crippen LogP contribution in [0.1, 0.15) is 10.6 Å². The number of aromatic nitrogens is 2. The van der Waals surface area contributed by atoms with Crippen molar-refractivity contribution >= 4 is 5.97 Å². The van der Waals surface area contributed by atoms with Crippen molar-refractivity contribution in [2.24, 2.45) is 0 Å². The third-order valence-corrected chi connectivity index (χ3v) is 0.950. The molecule has 0 bridgehead atoms. The van der Waals surface area contributed by atoms with E-state index in [9.17, 15) is 4.79 Å². The lowest BCUT2D eigenvalue weighted by Gasteiger charge is -1.87. The van der Waals surface area contributed by atoms with Crippen LogP contribution in [-0.2, 0) is 4.74 Å². The number of rotatable bonds is 2. The van der Waals surface area contributed by atoms with Crippen LogP contribution in [0.2, 0.25) is 0 Å². The summed E-state index contributed by atoms with van der Waals surface area (Å²) in [6.45, 7) is 0. The zero-order valence-electron chi connectivity index (χ0n) is 6.03. The summed E-state index contributed by atoms with van der Waals surface area (Å²) in [4.78, 5) is 14.2. The monoisotopic (exact) mass is 158 g/mol. The summed E-state index contributed by atoms with van der Waals surface area (Å²) in [6.07, 6.45) is -0.0644. The van der Waals surface area contributed by atoms with Crippen LogP contribution < -0.4 is 4.74 Å². The molecule has 1 rings (SSSR count). The van der Waals surface area contributed by atoms with E-state index >= 15 is 0 Å². The van der Waals surface area contributed by atoms with Crippen LogP contribution in [0.5, 0.6) is 6.08 Å². The van der Waals surface area contributed by atoms with Crippen molar-refractivity contribution in [2.45, 2.75) is 0 Å². The van der Waals surface area contributed by atoms with E-state index in [1.807, 2.05) is 0 Å². The van der Waals surface area contributed by atoms with Crippen LogP contribution in [0.4, 0.5) is 0 Å². The van der Waals surface area contributed by atoms with Crippen molar-refractivity contribution < 1.29 is 18.8 Å². The molecular weight excluding hydrogens is 152 g/mol. The van der Waals surface area contributed by atoms with Gasteiger partial charge in [-0.2, -0.15) is 0 Å². The van der Waals surface area contributed by atoms with Crippen molar-refractivity contribution in [1.82, 2.24) is 10.1 Å². The predicted octanol–water partition coefficient (Wildman–Crippen LogP) is -0.135. The van der Waals surface area contributed by atoms with E-state index < -0.39 is 5.97 Å². The molecule has 0 aromatic carbocycles. The first-order valence-electron chi connectivity index (χ1n) is 2.74. The average molecular weight is 158 g/mol. The molecule has 0 aliphatic heterocycles. The summed E-state index contributed by atoms with van der Waals surface area (Å²) in [7, 11) is 2.58. The fourth-order valence-electron chi connectivity index (χ4n) is 0.467. The molecule has 0 fully saturated rings. The molecule has 0 amide bonds. The van der Waals surface area contributed by atoms with E-state index in [-0.39, 0.29) is 11.9 Å². The van der Waals surface area contributed by atoms with Crippen molar-refractivity contribution in [3.8, 4) is 6.08 Å². The number of nitrogens with zero attached hydrogens (tertiary/aromatic N) is 2. The summed E-state index contributed by atoms with van der Waals surface area (Å²) < 4.78 is 13.3. The maximum atomic E-state index is 10.7. The highest BCUT2D eigenvalue weighted by Crippen LogP contribution is 2.04. The number of ether oxygens (including phenoxy) is 2. The molecule has 0 aliphatic rings. The Balaban J connectivity index is 2.80. The minimum absolute atomic E-state index is 0.0644. The minimum atomic E-state index is -0.656. The summed E-state index contributed by atoms with van der Waals surface area (Å²) in [5.74, 6) is -0.804. The zero-order chi connectivity index (χ0) is 8.27. The van der Waals surface area contributed by atoms with Crippen LogP contribution in [0, 0.1) is 0 Å². The molecule has 6 heteroatoms. The Kier molecular flexibility index (Phi) is 2.05. The highest BCUT2D eigenvalue weighted by atomic mass is 16.6. The van der Waals surface area contributed by atoms with Crippen molar-refractivity contribution in [1.29, 1.82) is 0 Å². The molecule has 0 radical (unpaired) electrons. The molecule has 0 aliphatic carbocycles. The van der Waals surface area contributed by atoms with Gasteiger partial charge >= 0.3 is 12.0 Å². The van der Waals surface area contributed by atoms with E-state index in [2.05, 4.69) is 24.1 Å². The van der Waals surface area contributed by atoms with Gasteiger partial charge in [-0.05, 0) is 5.16 Å². The standard InChI is InChI=1S/C5H6N2O4/c1-9-4(8)3-6-5(10-2)11-7-3/h1-2H3. The number of carbonyl (C=O) groups excluding carboxylic acids is 1. The Hall–Kier alpha value is -1.59. The Bertz CT molecular complexity index is 257. The molecule has 0 N–H and O–H groups in total. The normalized spacial score (nSPS) is 9.27. The highest BCUT2D eigenvalue weighted by molar-refractivity contribution is 5.84. The first kappa shape index (κ1) is 7.52. The van der Waals surface area contributed by atoms with Gasteiger partial charge in [0.25, 0.3) is 5.82 Å². The average Bonchev–Trinajstić information content (AvgIpc) is 2.50. The van der Waals surface area contributed by atoms with Gasteiger partial charge in [0.1, 0.15) is 0 Å². The van der Waals surface area contributed by atoms with Crippen LogP contribution in [0.25, 0.3) is 0 Å². The van der Waals surface area contributed by atoms with E-state index in [0.29, 0.717) is 0 Å². The number of esters is 1. The van der Waals surface area contributed by atoms with E-state index in [0.717, 1.165) is 0 Å². The molecular formula is C5H6N2O4. The molecule has 11 heavy (non-hydrogen) atoms. The maximum Gasteiger partial charge on any atom is 0.417 e. The Morgan fingerprint density at radius 2 is 2.27 bits per heavy atom. The second-order valence-corrected chi connectivity index (χ2v) is 1.58. The smallest absolute Gasteiger partial charge is 0.417 e. The lowest BCUT2D eigenvalue weighted by molar-refractivity contribution is 0.0583. The Labute approximate surface area is 62.1 Å². The van der Waals surface area contributed by atoms with Gasteiger partial charge in [0.2, 0.25) is 0 Å². The second kappa shape index (κ2) is 3.00. The Morgan fingerprint density at radius 3 is 2.73 bits per heavy atom. The number of methoxy groups -OCH3 is 2. The molecule has 6 nitrogen and oxygen atoms in total. The number of carbonyl (C=O) groups is 1. The highest BCUT2D eigenvalue weighted by Gasteiger charge is 2.14. The van der Waals surface area contributed by atoms with Gasteiger partial charge in [-0.15, -0.1) is 4.98 Å². The fourth-order valence-corrected chi connectivity index (χ4v) is 0.467. The summed E-state index contributed by atoms with van der Waals surface area (Å²) in [5.41, 5.74) is 0. The first-order chi connectivity index (χ1) is 5.27. The van der Waals surface area contributed by atoms with E-state index in [1.54, 1.807) is 0 Å². The van der Waals surface area contributed by atoms with Gasteiger partial charge < -0.3 is 9.47 Å². The van der Waals surface area contributed by atoms with E-state index in [1.165, 1.54) is 14.2 Å². The zero-order valence-corrected chi connectivity index (χ0v) is 6.03. The molecule has 0 atom stereocenters. The van der Waals surface area contributed by atoms with Crippen LogP contribution in [0.3, 0.4) is 0 Å². The van der Waals surface area contributed by atoms with E-state index in [4.69, 9.17) is 0 Å². The minimum Gasteiger partial charge on any atom is -0.463 e. The van der Waals surface area contributed by atoms with Gasteiger partial charge in [-0.25, -0.2) is 4.79 Å². The molecule has 0 saturated heterocycles. The fraction of sp³-hybridized carbons (Fsp3) is 0.400. The van der Waals surface area contributed by atoms with Crippen LogP contribution in [0.15, 0.2) is 4.52 Å². The summed E-state index contributed by atoms with van der Waals surface area (Å²) >= 11 is 0. The lowest BCUT2D eigenvalue weighted by atomic mass is 10.6. The molecule has 0 unspecified atom stereocenters. The van der Waals surface area contributed by atoms with Gasteiger partial charge in [-0.3, -0.25) is 4.52 Å². The van der Waals surface area contributed by atoms with Gasteiger partial charge in [0.05, 0.1) is 14.2 Å². The van der Waals surface area contributed by atoms with Crippen molar-refractivity contribution in [3.05, 3.63) is 5.82 Å². The predicted molar refractivity (Wildman–Crippen MR) is 32.2 cm³/mol. The SMILES string of the molecule is COC(=O)c1noc(OC)n1. The summed E-state index contributed by atoms with van der Waals surface area (Å²) in [5, 5.41) is 3.27. The molecule has 1 aromatic heterocycles. The lowest BCUT2D eigenvalue weighted by Crippen LogP contribution is -2.03. The third-order valence-electron chi connectivity index (χ3n) is 0.950. The number of hydrogen-bond acceptors (Lipinski definition) is 6. The third kappa shape index (κ3) is 1.46. The van der Waals surface area contributed by atoms with Crippen molar-refractivity contribution in [3.63, 3.8) is 0 Å².